The predicted octanol–water partition coefficient (Wildman–Crippen LogP) is 2.36. The number of nitrogens with two attached hydrogens (primary N) is 1. The molecule has 0 amide bonds. The molecule has 0 unspecified atom stereocenters. The summed E-state index contributed by atoms with van der Waals surface area (Å²) in [6.45, 7) is 0.371. The molecule has 2 rings (SSSR count). The SMILES string of the molecule is NCc1noc(C2CCCCCCC2)n1. The van der Waals surface area contributed by atoms with Crippen LogP contribution in [-0.4, -0.2) is 10.1 Å². The number of hydrogen-bond acceptors (Lipinski definition) is 4. The lowest BCUT2D eigenvalue weighted by molar-refractivity contribution is 0.320. The molecule has 0 radical (unpaired) electrons. The molecule has 4 heteroatoms. The van der Waals surface area contributed by atoms with E-state index in [9.17, 15) is 0 Å². The average molecular weight is 209 g/mol. The molecule has 1 saturated carbocycles. The average Bonchev–Trinajstić information content (AvgIpc) is 2.65. The predicted molar refractivity (Wildman–Crippen MR) is 57.2 cm³/mol. The fourth-order valence-electron chi connectivity index (χ4n) is 2.22. The first-order valence-corrected chi connectivity index (χ1v) is 5.92. The molecular formula is C11H19N3O. The summed E-state index contributed by atoms with van der Waals surface area (Å²) in [5.74, 6) is 1.91. The van der Waals surface area contributed by atoms with Crippen molar-refractivity contribution in [2.45, 2.75) is 57.4 Å². The molecule has 0 aromatic carbocycles. The lowest BCUT2D eigenvalue weighted by Gasteiger charge is -2.15. The monoisotopic (exact) mass is 209 g/mol. The lowest BCUT2D eigenvalue weighted by Crippen LogP contribution is -2.04. The minimum Gasteiger partial charge on any atom is -0.339 e. The Labute approximate surface area is 90.2 Å². The van der Waals surface area contributed by atoms with Gasteiger partial charge in [0.1, 0.15) is 0 Å². The van der Waals surface area contributed by atoms with Gasteiger partial charge in [-0.3, -0.25) is 0 Å². The summed E-state index contributed by atoms with van der Waals surface area (Å²) in [5.41, 5.74) is 5.46. The first kappa shape index (κ1) is 10.6. The molecule has 15 heavy (non-hydrogen) atoms. The second kappa shape index (κ2) is 5.26. The highest BCUT2D eigenvalue weighted by Gasteiger charge is 2.19. The van der Waals surface area contributed by atoms with Gasteiger partial charge in [-0.25, -0.2) is 0 Å². The van der Waals surface area contributed by atoms with Crippen LogP contribution < -0.4 is 5.73 Å². The zero-order chi connectivity index (χ0) is 10.5. The van der Waals surface area contributed by atoms with Gasteiger partial charge in [-0.05, 0) is 12.8 Å². The maximum atomic E-state index is 5.46. The van der Waals surface area contributed by atoms with E-state index in [0.29, 0.717) is 18.3 Å². The van der Waals surface area contributed by atoms with Gasteiger partial charge in [-0.15, -0.1) is 0 Å². The van der Waals surface area contributed by atoms with E-state index >= 15 is 0 Å². The zero-order valence-electron chi connectivity index (χ0n) is 9.11. The highest BCUT2D eigenvalue weighted by Crippen LogP contribution is 2.29. The van der Waals surface area contributed by atoms with Gasteiger partial charge in [-0.1, -0.05) is 37.3 Å². The first-order valence-electron chi connectivity index (χ1n) is 5.92. The van der Waals surface area contributed by atoms with E-state index in [1.54, 1.807) is 0 Å². The molecule has 4 nitrogen and oxygen atoms in total. The molecule has 0 saturated heterocycles. The normalized spacial score (nSPS) is 19.8. The topological polar surface area (TPSA) is 64.9 Å². The van der Waals surface area contributed by atoms with Crippen LogP contribution in [0, 0.1) is 0 Å². The van der Waals surface area contributed by atoms with Crippen molar-refractivity contribution in [1.82, 2.24) is 10.1 Å². The van der Waals surface area contributed by atoms with Gasteiger partial charge in [0.05, 0.1) is 6.54 Å². The molecule has 1 heterocycles. The summed E-state index contributed by atoms with van der Waals surface area (Å²) >= 11 is 0. The number of rotatable bonds is 2. The van der Waals surface area contributed by atoms with Crippen LogP contribution in [0.15, 0.2) is 4.52 Å². The van der Waals surface area contributed by atoms with E-state index in [0.717, 1.165) is 5.89 Å². The van der Waals surface area contributed by atoms with Crippen molar-refractivity contribution < 1.29 is 4.52 Å². The third-order valence-electron chi connectivity index (χ3n) is 3.12. The molecule has 0 bridgehead atoms. The summed E-state index contributed by atoms with van der Waals surface area (Å²) in [5, 5.41) is 3.85. The van der Waals surface area contributed by atoms with E-state index in [1.165, 1.54) is 44.9 Å². The third kappa shape index (κ3) is 2.78. The van der Waals surface area contributed by atoms with Crippen LogP contribution in [0.3, 0.4) is 0 Å². The fourth-order valence-corrected chi connectivity index (χ4v) is 2.22. The van der Waals surface area contributed by atoms with Crippen LogP contribution in [0.4, 0.5) is 0 Å². The molecular weight excluding hydrogens is 190 g/mol. The molecule has 1 aromatic heterocycles. The summed E-state index contributed by atoms with van der Waals surface area (Å²) < 4.78 is 5.25. The molecule has 1 aromatic rings. The van der Waals surface area contributed by atoms with Crippen molar-refractivity contribution >= 4 is 0 Å². The van der Waals surface area contributed by atoms with Crippen molar-refractivity contribution in [3.63, 3.8) is 0 Å². The Morgan fingerprint density at radius 1 is 1.13 bits per heavy atom. The summed E-state index contributed by atoms with van der Waals surface area (Å²) in [4.78, 5) is 4.32. The van der Waals surface area contributed by atoms with Gasteiger partial charge in [0.15, 0.2) is 5.82 Å². The van der Waals surface area contributed by atoms with Gasteiger partial charge < -0.3 is 10.3 Å². The third-order valence-corrected chi connectivity index (χ3v) is 3.12. The van der Waals surface area contributed by atoms with Crippen LogP contribution in [0.25, 0.3) is 0 Å². The van der Waals surface area contributed by atoms with Crippen LogP contribution in [0.5, 0.6) is 0 Å². The van der Waals surface area contributed by atoms with Crippen molar-refractivity contribution in [3.05, 3.63) is 11.7 Å². The number of hydrogen-bond donors (Lipinski definition) is 1. The summed E-state index contributed by atoms with van der Waals surface area (Å²) in [6, 6.07) is 0. The van der Waals surface area contributed by atoms with Crippen LogP contribution in [-0.2, 0) is 6.54 Å². The number of nitrogens with zero attached hydrogens (tertiary/aromatic N) is 2. The molecule has 0 spiro atoms. The maximum absolute atomic E-state index is 5.46. The van der Waals surface area contributed by atoms with Crippen molar-refractivity contribution in [1.29, 1.82) is 0 Å². The van der Waals surface area contributed by atoms with Crippen LogP contribution in [0.1, 0.15) is 62.6 Å². The lowest BCUT2D eigenvalue weighted by atomic mass is 9.91. The molecule has 84 valence electrons. The fraction of sp³-hybridized carbons (Fsp3) is 0.818. The zero-order valence-corrected chi connectivity index (χ0v) is 9.11. The van der Waals surface area contributed by atoms with E-state index in [4.69, 9.17) is 10.3 Å². The van der Waals surface area contributed by atoms with Gasteiger partial charge in [0, 0.05) is 5.92 Å². The van der Waals surface area contributed by atoms with Crippen molar-refractivity contribution in [3.8, 4) is 0 Å². The van der Waals surface area contributed by atoms with Crippen molar-refractivity contribution in [2.75, 3.05) is 0 Å². The largest absolute Gasteiger partial charge is 0.339 e. The molecule has 1 fully saturated rings. The second-order valence-corrected chi connectivity index (χ2v) is 4.30. The Morgan fingerprint density at radius 2 is 1.80 bits per heavy atom. The Hall–Kier alpha value is -0.900. The van der Waals surface area contributed by atoms with Gasteiger partial charge in [0.2, 0.25) is 5.89 Å². The Balaban J connectivity index is 2.00. The Morgan fingerprint density at radius 3 is 2.40 bits per heavy atom. The minimum atomic E-state index is 0.371. The minimum absolute atomic E-state index is 0.371. The molecule has 0 atom stereocenters. The van der Waals surface area contributed by atoms with E-state index in [2.05, 4.69) is 10.1 Å². The molecule has 1 aliphatic rings. The van der Waals surface area contributed by atoms with Gasteiger partial charge in [0.25, 0.3) is 0 Å². The van der Waals surface area contributed by atoms with Crippen LogP contribution >= 0.6 is 0 Å². The van der Waals surface area contributed by atoms with E-state index in [1.807, 2.05) is 0 Å². The van der Waals surface area contributed by atoms with Gasteiger partial charge in [-0.2, -0.15) is 4.98 Å². The summed E-state index contributed by atoms with van der Waals surface area (Å²) in [6.07, 6.45) is 9.00. The van der Waals surface area contributed by atoms with Crippen LogP contribution in [0.2, 0.25) is 0 Å². The molecule has 0 aliphatic heterocycles. The quantitative estimate of drug-likeness (QED) is 0.812. The molecule has 1 aliphatic carbocycles. The number of aromatic nitrogens is 2. The Bertz CT molecular complexity index is 290. The van der Waals surface area contributed by atoms with E-state index in [-0.39, 0.29) is 0 Å². The highest BCUT2D eigenvalue weighted by molar-refractivity contribution is 4.94. The van der Waals surface area contributed by atoms with Gasteiger partial charge >= 0.3 is 0 Å². The summed E-state index contributed by atoms with van der Waals surface area (Å²) in [7, 11) is 0. The highest BCUT2D eigenvalue weighted by atomic mass is 16.5. The smallest absolute Gasteiger partial charge is 0.229 e. The van der Waals surface area contributed by atoms with Crippen molar-refractivity contribution in [2.24, 2.45) is 5.73 Å². The standard InChI is InChI=1S/C11H19N3O/c12-8-10-13-11(15-14-10)9-6-4-2-1-3-5-7-9/h9H,1-8,12H2. The molecule has 2 N–H and O–H groups in total. The Kier molecular flexibility index (Phi) is 3.72. The second-order valence-electron chi connectivity index (χ2n) is 4.30. The van der Waals surface area contributed by atoms with E-state index < -0.39 is 0 Å². The maximum Gasteiger partial charge on any atom is 0.229 e. The first-order chi connectivity index (χ1) is 7.40.